The second-order valence-electron chi connectivity index (χ2n) is 7.39. The number of nitrogens with zero attached hydrogens (tertiary/aromatic N) is 4. The highest BCUT2D eigenvalue weighted by molar-refractivity contribution is 5.93. The number of nitrogen functional groups attached to an aromatic ring is 1. The number of anilines is 2. The molecule has 1 aliphatic rings. The number of aromatic nitrogens is 4. The molecule has 3 aromatic rings. The van der Waals surface area contributed by atoms with Crippen LogP contribution in [0.25, 0.3) is 22.0 Å². The van der Waals surface area contributed by atoms with Crippen molar-refractivity contribution in [2.24, 2.45) is 0 Å². The summed E-state index contributed by atoms with van der Waals surface area (Å²) in [5, 5.41) is 23.5. The summed E-state index contributed by atoms with van der Waals surface area (Å²) < 4.78 is 1.40. The summed E-state index contributed by atoms with van der Waals surface area (Å²) >= 11 is 0. The SMILES string of the molecule is Nc1ncc(-c2cc3ccn(CC(O)CO)c(=O)c3c(NC3CCCC3)n2)cn1. The fourth-order valence-corrected chi connectivity index (χ4v) is 3.72. The average Bonchev–Trinajstić information content (AvgIpc) is 3.23. The Morgan fingerprint density at radius 1 is 1.28 bits per heavy atom. The third-order valence-electron chi connectivity index (χ3n) is 5.24. The standard InChI is InChI=1S/C20H24N6O3/c21-20-22-8-13(9-23-20)16-7-12-5-6-26(10-15(28)11-27)19(29)17(12)18(25-16)24-14-3-1-2-4-14/h5-9,14-15,27-28H,1-4,10-11H2,(H,24,25)(H2,21,22,23). The maximum absolute atomic E-state index is 13.1. The Hall–Kier alpha value is -3.04. The molecule has 0 aromatic carbocycles. The topological polar surface area (TPSA) is 139 Å². The molecule has 0 bridgehead atoms. The minimum atomic E-state index is -1.00. The number of nitrogens with two attached hydrogens (primary N) is 1. The van der Waals surface area contributed by atoms with Crippen LogP contribution in [-0.2, 0) is 6.54 Å². The van der Waals surface area contributed by atoms with Gasteiger partial charge in [-0.1, -0.05) is 12.8 Å². The van der Waals surface area contributed by atoms with Crippen LogP contribution in [0.3, 0.4) is 0 Å². The molecule has 3 heterocycles. The number of fused-ring (bicyclic) bond motifs is 1. The average molecular weight is 396 g/mol. The van der Waals surface area contributed by atoms with Crippen molar-refractivity contribution in [3.05, 3.63) is 41.1 Å². The zero-order chi connectivity index (χ0) is 20.4. The normalized spacial score (nSPS) is 15.7. The van der Waals surface area contributed by atoms with Crippen molar-refractivity contribution >= 4 is 22.5 Å². The zero-order valence-corrected chi connectivity index (χ0v) is 16.0. The number of hydrogen-bond donors (Lipinski definition) is 4. The van der Waals surface area contributed by atoms with Gasteiger partial charge >= 0.3 is 0 Å². The van der Waals surface area contributed by atoms with Gasteiger partial charge in [-0.2, -0.15) is 0 Å². The Kier molecular flexibility index (Phi) is 5.41. The Balaban J connectivity index is 1.84. The second kappa shape index (κ2) is 8.14. The Morgan fingerprint density at radius 2 is 2.00 bits per heavy atom. The molecule has 0 amide bonds. The Labute approximate surface area is 167 Å². The molecule has 0 aliphatic heterocycles. The molecule has 3 aromatic heterocycles. The molecule has 1 fully saturated rings. The summed E-state index contributed by atoms with van der Waals surface area (Å²) in [6.07, 6.45) is 8.18. The lowest BCUT2D eigenvalue weighted by Crippen LogP contribution is -2.29. The van der Waals surface area contributed by atoms with Crippen molar-refractivity contribution in [3.8, 4) is 11.3 Å². The molecule has 0 radical (unpaired) electrons. The van der Waals surface area contributed by atoms with Gasteiger partial charge in [0.25, 0.3) is 5.56 Å². The third-order valence-corrected chi connectivity index (χ3v) is 5.24. The number of pyridine rings is 2. The van der Waals surface area contributed by atoms with Gasteiger partial charge in [0, 0.05) is 30.2 Å². The Bertz CT molecular complexity index is 1060. The fraction of sp³-hybridized carbons (Fsp3) is 0.400. The third kappa shape index (κ3) is 4.06. The second-order valence-corrected chi connectivity index (χ2v) is 7.39. The van der Waals surface area contributed by atoms with E-state index in [1.165, 1.54) is 4.57 Å². The lowest BCUT2D eigenvalue weighted by molar-refractivity contribution is 0.0805. The smallest absolute Gasteiger partial charge is 0.262 e. The van der Waals surface area contributed by atoms with E-state index in [0.29, 0.717) is 22.5 Å². The highest BCUT2D eigenvalue weighted by Crippen LogP contribution is 2.28. The summed E-state index contributed by atoms with van der Waals surface area (Å²) in [6.45, 7) is -0.395. The van der Waals surface area contributed by atoms with Gasteiger partial charge in [0.2, 0.25) is 5.95 Å². The van der Waals surface area contributed by atoms with E-state index in [9.17, 15) is 9.90 Å². The van der Waals surface area contributed by atoms with Crippen molar-refractivity contribution in [1.29, 1.82) is 0 Å². The van der Waals surface area contributed by atoms with Gasteiger partial charge in [-0.05, 0) is 30.4 Å². The van der Waals surface area contributed by atoms with Crippen LogP contribution < -0.4 is 16.6 Å². The first-order chi connectivity index (χ1) is 14.0. The molecule has 1 aliphatic carbocycles. The van der Waals surface area contributed by atoms with Crippen molar-refractivity contribution in [2.75, 3.05) is 17.7 Å². The van der Waals surface area contributed by atoms with Crippen LogP contribution >= 0.6 is 0 Å². The molecule has 9 nitrogen and oxygen atoms in total. The molecule has 29 heavy (non-hydrogen) atoms. The van der Waals surface area contributed by atoms with Crippen molar-refractivity contribution in [1.82, 2.24) is 19.5 Å². The molecule has 1 unspecified atom stereocenters. The molecule has 4 rings (SSSR count). The number of rotatable bonds is 6. The van der Waals surface area contributed by atoms with E-state index in [4.69, 9.17) is 15.8 Å². The molecule has 5 N–H and O–H groups in total. The van der Waals surface area contributed by atoms with Gasteiger partial charge in [0.05, 0.1) is 30.3 Å². The summed E-state index contributed by atoms with van der Waals surface area (Å²) in [4.78, 5) is 25.9. The van der Waals surface area contributed by atoms with Gasteiger partial charge in [0.1, 0.15) is 5.82 Å². The van der Waals surface area contributed by atoms with Crippen LogP contribution in [0.15, 0.2) is 35.5 Å². The monoisotopic (exact) mass is 396 g/mol. The molecular weight excluding hydrogens is 372 g/mol. The molecule has 0 spiro atoms. The van der Waals surface area contributed by atoms with E-state index in [2.05, 4.69) is 15.3 Å². The summed E-state index contributed by atoms with van der Waals surface area (Å²) in [7, 11) is 0. The van der Waals surface area contributed by atoms with E-state index in [1.807, 2.05) is 12.1 Å². The van der Waals surface area contributed by atoms with Gasteiger partial charge in [0.15, 0.2) is 0 Å². The van der Waals surface area contributed by atoms with Crippen molar-refractivity contribution in [3.63, 3.8) is 0 Å². The van der Waals surface area contributed by atoms with Crippen LogP contribution in [0.1, 0.15) is 25.7 Å². The highest BCUT2D eigenvalue weighted by atomic mass is 16.3. The number of aliphatic hydroxyl groups is 2. The van der Waals surface area contributed by atoms with Crippen LogP contribution in [0, 0.1) is 0 Å². The predicted molar refractivity (Wildman–Crippen MR) is 110 cm³/mol. The summed E-state index contributed by atoms with van der Waals surface area (Å²) in [5.41, 5.74) is 6.67. The molecule has 1 saturated carbocycles. The van der Waals surface area contributed by atoms with Gasteiger partial charge in [-0.25, -0.2) is 15.0 Å². The van der Waals surface area contributed by atoms with Gasteiger partial charge < -0.3 is 25.8 Å². The van der Waals surface area contributed by atoms with Gasteiger partial charge in [-0.3, -0.25) is 4.79 Å². The number of hydrogen-bond acceptors (Lipinski definition) is 8. The van der Waals surface area contributed by atoms with Gasteiger partial charge in [-0.15, -0.1) is 0 Å². The highest BCUT2D eigenvalue weighted by Gasteiger charge is 2.19. The minimum absolute atomic E-state index is 0.0156. The summed E-state index contributed by atoms with van der Waals surface area (Å²) in [5.74, 6) is 0.697. The predicted octanol–water partition coefficient (Wildman–Crippen LogP) is 1.14. The van der Waals surface area contributed by atoms with Crippen molar-refractivity contribution < 1.29 is 10.2 Å². The first kappa shape index (κ1) is 19.3. The van der Waals surface area contributed by atoms with E-state index >= 15 is 0 Å². The first-order valence-corrected chi connectivity index (χ1v) is 9.72. The summed E-state index contributed by atoms with van der Waals surface area (Å²) in [6, 6.07) is 3.89. The van der Waals surface area contributed by atoms with Crippen LogP contribution in [0.2, 0.25) is 0 Å². The van der Waals surface area contributed by atoms with Crippen LogP contribution in [0.4, 0.5) is 11.8 Å². The van der Waals surface area contributed by atoms with E-state index in [1.54, 1.807) is 18.6 Å². The maximum atomic E-state index is 13.1. The maximum Gasteiger partial charge on any atom is 0.262 e. The quantitative estimate of drug-likeness (QED) is 0.486. The van der Waals surface area contributed by atoms with E-state index in [-0.39, 0.29) is 24.1 Å². The lowest BCUT2D eigenvalue weighted by atomic mass is 10.1. The van der Waals surface area contributed by atoms with E-state index < -0.39 is 12.7 Å². The lowest BCUT2D eigenvalue weighted by Gasteiger charge is -2.17. The Morgan fingerprint density at radius 3 is 2.69 bits per heavy atom. The molecule has 1 atom stereocenters. The van der Waals surface area contributed by atoms with Crippen molar-refractivity contribution in [2.45, 2.75) is 44.4 Å². The fourth-order valence-electron chi connectivity index (χ4n) is 3.72. The number of aliphatic hydroxyl groups excluding tert-OH is 2. The van der Waals surface area contributed by atoms with Crippen LogP contribution in [0.5, 0.6) is 0 Å². The molecule has 9 heteroatoms. The van der Waals surface area contributed by atoms with E-state index in [0.717, 1.165) is 31.1 Å². The number of nitrogens with one attached hydrogen (secondary N) is 1. The first-order valence-electron chi connectivity index (χ1n) is 9.72. The largest absolute Gasteiger partial charge is 0.394 e. The molecule has 0 saturated heterocycles. The molecular formula is C20H24N6O3. The minimum Gasteiger partial charge on any atom is -0.394 e. The van der Waals surface area contributed by atoms with Crippen LogP contribution in [-0.4, -0.2) is 48.5 Å². The molecule has 152 valence electrons. The zero-order valence-electron chi connectivity index (χ0n) is 16.0.